The van der Waals surface area contributed by atoms with Gasteiger partial charge >= 0.3 is 0 Å². The first-order chi connectivity index (χ1) is 9.83. The van der Waals surface area contributed by atoms with Gasteiger partial charge in [-0.3, -0.25) is 0 Å². The molecular formula is C16H26N2O2. The highest BCUT2D eigenvalue weighted by molar-refractivity contribution is 5.47. The second-order valence-electron chi connectivity index (χ2n) is 5.45. The molecule has 0 atom stereocenters. The summed E-state index contributed by atoms with van der Waals surface area (Å²) in [5.74, 6) is 0.496. The summed E-state index contributed by atoms with van der Waals surface area (Å²) in [6, 6.07) is 8.78. The van der Waals surface area contributed by atoms with Gasteiger partial charge in [-0.2, -0.15) is 0 Å². The lowest BCUT2D eigenvalue weighted by Gasteiger charge is -2.33. The Morgan fingerprint density at radius 3 is 2.55 bits per heavy atom. The van der Waals surface area contributed by atoms with E-state index < -0.39 is 0 Å². The fourth-order valence-corrected chi connectivity index (χ4v) is 2.61. The third-order valence-electron chi connectivity index (χ3n) is 3.99. The zero-order chi connectivity index (χ0) is 14.2. The van der Waals surface area contributed by atoms with Crippen LogP contribution in [-0.4, -0.2) is 45.1 Å². The molecule has 0 aromatic heterocycles. The third kappa shape index (κ3) is 4.47. The first kappa shape index (κ1) is 15.3. The van der Waals surface area contributed by atoms with Gasteiger partial charge in [0.1, 0.15) is 0 Å². The molecule has 1 aromatic rings. The molecule has 20 heavy (non-hydrogen) atoms. The van der Waals surface area contributed by atoms with Gasteiger partial charge in [0, 0.05) is 45.6 Å². The maximum Gasteiger partial charge on any atom is 0.0587 e. The third-order valence-corrected chi connectivity index (χ3v) is 3.99. The van der Waals surface area contributed by atoms with Crippen molar-refractivity contribution in [2.75, 3.05) is 44.9 Å². The molecule has 0 bridgehead atoms. The first-order valence-electron chi connectivity index (χ1n) is 7.48. The normalized spacial score (nSPS) is 16.6. The molecule has 112 valence electrons. The van der Waals surface area contributed by atoms with Crippen LogP contribution in [0.2, 0.25) is 0 Å². The van der Waals surface area contributed by atoms with Crippen LogP contribution in [0.15, 0.2) is 24.3 Å². The largest absolute Gasteiger partial charge is 0.396 e. The summed E-state index contributed by atoms with van der Waals surface area (Å²) in [7, 11) is 1.72. The maximum atomic E-state index is 9.17. The number of nitrogens with one attached hydrogen (secondary N) is 1. The Morgan fingerprint density at radius 1 is 1.25 bits per heavy atom. The molecule has 2 N–H and O–H groups in total. The van der Waals surface area contributed by atoms with Gasteiger partial charge in [0.25, 0.3) is 0 Å². The number of aliphatic hydroxyl groups is 1. The Balaban J connectivity index is 1.79. The van der Waals surface area contributed by atoms with Gasteiger partial charge < -0.3 is 20.1 Å². The monoisotopic (exact) mass is 278 g/mol. The van der Waals surface area contributed by atoms with Crippen molar-refractivity contribution in [2.24, 2.45) is 5.92 Å². The molecule has 0 aliphatic carbocycles. The lowest BCUT2D eigenvalue weighted by Crippen LogP contribution is -2.34. The van der Waals surface area contributed by atoms with E-state index in [4.69, 9.17) is 4.74 Å². The molecule has 4 heteroatoms. The molecule has 1 saturated heterocycles. The van der Waals surface area contributed by atoms with Gasteiger partial charge in [0.2, 0.25) is 0 Å². The highest BCUT2D eigenvalue weighted by atomic mass is 16.5. The molecule has 1 aromatic carbocycles. The lowest BCUT2D eigenvalue weighted by atomic mass is 9.97. The molecule has 0 unspecified atom stereocenters. The predicted molar refractivity (Wildman–Crippen MR) is 82.0 cm³/mol. The van der Waals surface area contributed by atoms with E-state index in [1.807, 2.05) is 0 Å². The van der Waals surface area contributed by atoms with Gasteiger partial charge in [-0.15, -0.1) is 0 Å². The number of methoxy groups -OCH3 is 1. The molecule has 0 radical (unpaired) electrons. The fraction of sp³-hybridized carbons (Fsp3) is 0.625. The number of ether oxygens (including phenoxy) is 1. The Hall–Kier alpha value is -1.10. The standard InChI is InChI=1S/C16H26N2O2/c1-20-11-8-17-12-14-2-4-16(5-3-14)18-9-6-15(13-19)7-10-18/h2-5,15,17,19H,6-13H2,1H3. The van der Waals surface area contributed by atoms with E-state index in [0.717, 1.165) is 45.6 Å². The highest BCUT2D eigenvalue weighted by Crippen LogP contribution is 2.23. The number of hydrogen-bond donors (Lipinski definition) is 2. The zero-order valence-electron chi connectivity index (χ0n) is 12.3. The van der Waals surface area contributed by atoms with E-state index in [9.17, 15) is 5.11 Å². The average molecular weight is 278 g/mol. The molecule has 1 fully saturated rings. The van der Waals surface area contributed by atoms with Gasteiger partial charge in [-0.05, 0) is 36.5 Å². The molecule has 0 spiro atoms. The van der Waals surface area contributed by atoms with Crippen molar-refractivity contribution in [3.05, 3.63) is 29.8 Å². The van der Waals surface area contributed by atoms with Crippen LogP contribution in [0.1, 0.15) is 18.4 Å². The van der Waals surface area contributed by atoms with Crippen LogP contribution < -0.4 is 10.2 Å². The maximum absolute atomic E-state index is 9.17. The highest BCUT2D eigenvalue weighted by Gasteiger charge is 2.18. The van der Waals surface area contributed by atoms with Crippen LogP contribution in [0.25, 0.3) is 0 Å². The Labute approximate surface area is 121 Å². The molecule has 0 amide bonds. The first-order valence-corrected chi connectivity index (χ1v) is 7.48. The summed E-state index contributed by atoms with van der Waals surface area (Å²) < 4.78 is 5.01. The van der Waals surface area contributed by atoms with E-state index in [1.165, 1.54) is 11.3 Å². The predicted octanol–water partition coefficient (Wildman–Crippen LogP) is 1.63. The summed E-state index contributed by atoms with van der Waals surface area (Å²) in [5.41, 5.74) is 2.59. The summed E-state index contributed by atoms with van der Waals surface area (Å²) in [5, 5.41) is 12.5. The van der Waals surface area contributed by atoms with Gasteiger partial charge in [0.15, 0.2) is 0 Å². The quantitative estimate of drug-likeness (QED) is 0.744. The number of nitrogens with zero attached hydrogens (tertiary/aromatic N) is 1. The van der Waals surface area contributed by atoms with E-state index in [-0.39, 0.29) is 0 Å². The second kappa shape index (κ2) is 8.25. The van der Waals surface area contributed by atoms with Crippen LogP contribution in [0.3, 0.4) is 0 Å². The van der Waals surface area contributed by atoms with Crippen LogP contribution >= 0.6 is 0 Å². The second-order valence-corrected chi connectivity index (χ2v) is 5.45. The van der Waals surface area contributed by atoms with Crippen molar-refractivity contribution >= 4 is 5.69 Å². The van der Waals surface area contributed by atoms with Crippen LogP contribution in [0, 0.1) is 5.92 Å². The average Bonchev–Trinajstić information content (AvgIpc) is 2.52. The Morgan fingerprint density at radius 2 is 1.95 bits per heavy atom. The molecule has 1 aliphatic rings. The number of piperidine rings is 1. The molecular weight excluding hydrogens is 252 g/mol. The molecule has 1 aliphatic heterocycles. The van der Waals surface area contributed by atoms with Crippen LogP contribution in [0.4, 0.5) is 5.69 Å². The van der Waals surface area contributed by atoms with Crippen molar-refractivity contribution in [2.45, 2.75) is 19.4 Å². The smallest absolute Gasteiger partial charge is 0.0587 e. The molecule has 2 rings (SSSR count). The SMILES string of the molecule is COCCNCc1ccc(N2CCC(CO)CC2)cc1. The minimum absolute atomic E-state index is 0.333. The van der Waals surface area contributed by atoms with Crippen LogP contribution in [-0.2, 0) is 11.3 Å². The number of benzene rings is 1. The van der Waals surface area contributed by atoms with Crippen molar-refractivity contribution < 1.29 is 9.84 Å². The van der Waals surface area contributed by atoms with Gasteiger partial charge in [-0.1, -0.05) is 12.1 Å². The topological polar surface area (TPSA) is 44.7 Å². The Kier molecular flexibility index (Phi) is 6.30. The summed E-state index contributed by atoms with van der Waals surface area (Å²) >= 11 is 0. The number of hydrogen-bond acceptors (Lipinski definition) is 4. The summed E-state index contributed by atoms with van der Waals surface area (Å²) in [6.45, 7) is 4.95. The minimum atomic E-state index is 0.333. The van der Waals surface area contributed by atoms with Crippen molar-refractivity contribution in [1.82, 2.24) is 5.32 Å². The molecule has 1 heterocycles. The van der Waals surface area contributed by atoms with Crippen molar-refractivity contribution in [3.8, 4) is 0 Å². The van der Waals surface area contributed by atoms with Crippen LogP contribution in [0.5, 0.6) is 0 Å². The molecule has 0 saturated carbocycles. The van der Waals surface area contributed by atoms with E-state index >= 15 is 0 Å². The van der Waals surface area contributed by atoms with Gasteiger partial charge in [0.05, 0.1) is 6.61 Å². The van der Waals surface area contributed by atoms with E-state index in [2.05, 4.69) is 34.5 Å². The zero-order valence-corrected chi connectivity index (χ0v) is 12.3. The number of aliphatic hydroxyl groups excluding tert-OH is 1. The lowest BCUT2D eigenvalue weighted by molar-refractivity contribution is 0.199. The minimum Gasteiger partial charge on any atom is -0.396 e. The summed E-state index contributed by atoms with van der Waals surface area (Å²) in [6.07, 6.45) is 2.19. The number of rotatable bonds is 7. The van der Waals surface area contributed by atoms with E-state index in [0.29, 0.717) is 12.5 Å². The van der Waals surface area contributed by atoms with E-state index in [1.54, 1.807) is 7.11 Å². The van der Waals surface area contributed by atoms with Gasteiger partial charge in [-0.25, -0.2) is 0 Å². The molecule has 4 nitrogen and oxygen atoms in total. The fourth-order valence-electron chi connectivity index (χ4n) is 2.61. The van der Waals surface area contributed by atoms with Crippen molar-refractivity contribution in [3.63, 3.8) is 0 Å². The Bertz CT molecular complexity index is 373. The summed E-state index contributed by atoms with van der Waals surface area (Å²) in [4.78, 5) is 2.41. The number of anilines is 1. The van der Waals surface area contributed by atoms with Crippen molar-refractivity contribution in [1.29, 1.82) is 0 Å².